The Labute approximate surface area is 115 Å². The highest BCUT2D eigenvalue weighted by molar-refractivity contribution is 5.54. The summed E-state index contributed by atoms with van der Waals surface area (Å²) in [5.41, 5.74) is 1.32. The molecule has 0 radical (unpaired) electrons. The van der Waals surface area contributed by atoms with Crippen molar-refractivity contribution in [1.29, 1.82) is 0 Å². The highest BCUT2D eigenvalue weighted by Gasteiger charge is 2.15. The molecular formula is C15H24N4. The van der Waals surface area contributed by atoms with E-state index in [2.05, 4.69) is 32.7 Å². The number of hydrogen-bond acceptors (Lipinski definition) is 4. The van der Waals surface area contributed by atoms with Crippen LogP contribution in [0.15, 0.2) is 18.3 Å². The zero-order valence-electron chi connectivity index (χ0n) is 11.6. The van der Waals surface area contributed by atoms with E-state index in [1.807, 2.05) is 6.20 Å². The van der Waals surface area contributed by atoms with Gasteiger partial charge < -0.3 is 15.5 Å². The fourth-order valence-corrected chi connectivity index (χ4v) is 3.03. The van der Waals surface area contributed by atoms with Gasteiger partial charge in [-0.2, -0.15) is 0 Å². The smallest absolute Gasteiger partial charge is 0.128 e. The van der Waals surface area contributed by atoms with Crippen molar-refractivity contribution in [2.45, 2.75) is 38.1 Å². The molecule has 1 aromatic rings. The van der Waals surface area contributed by atoms with Crippen LogP contribution in [-0.4, -0.2) is 37.2 Å². The molecule has 2 saturated heterocycles. The lowest BCUT2D eigenvalue weighted by Crippen LogP contribution is -2.38. The Hall–Kier alpha value is -1.29. The summed E-state index contributed by atoms with van der Waals surface area (Å²) in [5.74, 6) is 1.02. The summed E-state index contributed by atoms with van der Waals surface area (Å²) in [6, 6.07) is 4.87. The van der Waals surface area contributed by atoms with Gasteiger partial charge in [0.1, 0.15) is 5.82 Å². The molecule has 2 fully saturated rings. The summed E-state index contributed by atoms with van der Waals surface area (Å²) in [7, 11) is 0. The van der Waals surface area contributed by atoms with Crippen molar-refractivity contribution in [2.24, 2.45) is 0 Å². The molecule has 2 N–H and O–H groups in total. The summed E-state index contributed by atoms with van der Waals surface area (Å²) in [6.07, 6.45) is 8.43. The Morgan fingerprint density at radius 2 is 2.11 bits per heavy atom. The van der Waals surface area contributed by atoms with Gasteiger partial charge >= 0.3 is 0 Å². The van der Waals surface area contributed by atoms with E-state index >= 15 is 0 Å². The number of anilines is 2. The summed E-state index contributed by atoms with van der Waals surface area (Å²) < 4.78 is 0. The van der Waals surface area contributed by atoms with E-state index in [0.717, 1.165) is 18.9 Å². The number of nitrogens with zero attached hydrogens (tertiary/aromatic N) is 2. The van der Waals surface area contributed by atoms with Gasteiger partial charge in [0.15, 0.2) is 0 Å². The van der Waals surface area contributed by atoms with Crippen molar-refractivity contribution >= 4 is 11.5 Å². The summed E-state index contributed by atoms with van der Waals surface area (Å²) in [6.45, 7) is 4.58. The molecular weight excluding hydrogens is 236 g/mol. The third kappa shape index (κ3) is 3.38. The van der Waals surface area contributed by atoms with Crippen molar-refractivity contribution in [2.75, 3.05) is 36.4 Å². The third-order valence-corrected chi connectivity index (χ3v) is 4.11. The van der Waals surface area contributed by atoms with Crippen LogP contribution in [0.3, 0.4) is 0 Å². The van der Waals surface area contributed by atoms with Gasteiger partial charge in [-0.25, -0.2) is 4.98 Å². The average Bonchev–Trinajstić information content (AvgIpc) is 2.49. The molecule has 2 aliphatic rings. The molecule has 1 unspecified atom stereocenters. The molecule has 3 heterocycles. The maximum absolute atomic E-state index is 4.46. The fraction of sp³-hybridized carbons (Fsp3) is 0.667. The van der Waals surface area contributed by atoms with E-state index < -0.39 is 0 Å². The molecule has 1 aromatic heterocycles. The second-order valence-corrected chi connectivity index (χ2v) is 5.63. The van der Waals surface area contributed by atoms with Gasteiger partial charge in [-0.3, -0.25) is 0 Å². The van der Waals surface area contributed by atoms with Gasteiger partial charge in [0.2, 0.25) is 0 Å². The van der Waals surface area contributed by atoms with E-state index in [0.29, 0.717) is 6.04 Å². The van der Waals surface area contributed by atoms with Crippen molar-refractivity contribution < 1.29 is 0 Å². The molecule has 0 aromatic carbocycles. The predicted octanol–water partition coefficient (Wildman–Crippen LogP) is 2.24. The first kappa shape index (κ1) is 12.7. The first-order chi connectivity index (χ1) is 9.42. The van der Waals surface area contributed by atoms with Crippen molar-refractivity contribution in [1.82, 2.24) is 10.3 Å². The summed E-state index contributed by atoms with van der Waals surface area (Å²) in [5, 5.41) is 6.99. The number of nitrogens with one attached hydrogen (secondary N) is 2. The molecule has 3 rings (SSSR count). The zero-order valence-corrected chi connectivity index (χ0v) is 11.6. The minimum absolute atomic E-state index is 0.526. The molecule has 0 bridgehead atoms. The predicted molar refractivity (Wildman–Crippen MR) is 79.8 cm³/mol. The second-order valence-electron chi connectivity index (χ2n) is 5.63. The molecule has 0 spiro atoms. The van der Waals surface area contributed by atoms with Crippen LogP contribution in [-0.2, 0) is 0 Å². The molecule has 0 amide bonds. The van der Waals surface area contributed by atoms with E-state index in [1.165, 1.54) is 50.9 Å². The lowest BCUT2D eigenvalue weighted by Gasteiger charge is -2.29. The van der Waals surface area contributed by atoms with Crippen LogP contribution >= 0.6 is 0 Å². The van der Waals surface area contributed by atoms with Gasteiger partial charge in [-0.05, 0) is 44.7 Å². The molecule has 4 heteroatoms. The molecule has 2 aliphatic heterocycles. The van der Waals surface area contributed by atoms with Crippen LogP contribution in [0.4, 0.5) is 11.5 Å². The zero-order chi connectivity index (χ0) is 12.9. The molecule has 4 nitrogen and oxygen atoms in total. The van der Waals surface area contributed by atoms with E-state index in [1.54, 1.807) is 0 Å². The monoisotopic (exact) mass is 260 g/mol. The highest BCUT2D eigenvalue weighted by Crippen LogP contribution is 2.22. The lowest BCUT2D eigenvalue weighted by molar-refractivity contribution is 0.479. The van der Waals surface area contributed by atoms with Crippen LogP contribution < -0.4 is 15.5 Å². The SMILES string of the molecule is c1cc(N2CCCCC2)cc(NC2CCCNC2)n1. The number of aromatic nitrogens is 1. The Balaban J connectivity index is 1.64. The Bertz CT molecular complexity index is 395. The molecule has 104 valence electrons. The standard InChI is InChI=1S/C15H24N4/c1-2-9-19(10-3-1)14-6-8-17-15(11-14)18-13-5-4-7-16-12-13/h6,8,11,13,16H,1-5,7,9-10,12H2,(H,17,18). The number of pyridine rings is 1. The largest absolute Gasteiger partial charge is 0.371 e. The Morgan fingerprint density at radius 1 is 1.21 bits per heavy atom. The normalized spacial score (nSPS) is 24.2. The minimum atomic E-state index is 0.526. The van der Waals surface area contributed by atoms with Crippen LogP contribution in [0.2, 0.25) is 0 Å². The van der Waals surface area contributed by atoms with E-state index in [9.17, 15) is 0 Å². The van der Waals surface area contributed by atoms with E-state index in [4.69, 9.17) is 0 Å². The van der Waals surface area contributed by atoms with Gasteiger partial charge in [-0.1, -0.05) is 0 Å². The second kappa shape index (κ2) is 6.24. The lowest BCUT2D eigenvalue weighted by atomic mass is 10.1. The van der Waals surface area contributed by atoms with Gasteiger partial charge in [0.25, 0.3) is 0 Å². The quantitative estimate of drug-likeness (QED) is 0.874. The summed E-state index contributed by atoms with van der Waals surface area (Å²) in [4.78, 5) is 6.94. The minimum Gasteiger partial charge on any atom is -0.371 e. The topological polar surface area (TPSA) is 40.2 Å². The first-order valence-electron chi connectivity index (χ1n) is 7.60. The van der Waals surface area contributed by atoms with Crippen molar-refractivity contribution in [3.05, 3.63) is 18.3 Å². The maximum Gasteiger partial charge on any atom is 0.128 e. The maximum atomic E-state index is 4.46. The molecule has 19 heavy (non-hydrogen) atoms. The number of piperidine rings is 2. The first-order valence-corrected chi connectivity index (χ1v) is 7.60. The Kier molecular flexibility index (Phi) is 4.18. The summed E-state index contributed by atoms with van der Waals surface area (Å²) >= 11 is 0. The van der Waals surface area contributed by atoms with E-state index in [-0.39, 0.29) is 0 Å². The van der Waals surface area contributed by atoms with Gasteiger partial charge in [0, 0.05) is 43.6 Å². The van der Waals surface area contributed by atoms with Gasteiger partial charge in [0.05, 0.1) is 0 Å². The van der Waals surface area contributed by atoms with Gasteiger partial charge in [-0.15, -0.1) is 0 Å². The highest BCUT2D eigenvalue weighted by atomic mass is 15.1. The van der Waals surface area contributed by atoms with Crippen LogP contribution in [0.1, 0.15) is 32.1 Å². The van der Waals surface area contributed by atoms with Crippen LogP contribution in [0.5, 0.6) is 0 Å². The van der Waals surface area contributed by atoms with Crippen molar-refractivity contribution in [3.8, 4) is 0 Å². The molecule has 0 aliphatic carbocycles. The molecule has 1 atom stereocenters. The van der Waals surface area contributed by atoms with Crippen LogP contribution in [0.25, 0.3) is 0 Å². The van der Waals surface area contributed by atoms with Crippen molar-refractivity contribution in [3.63, 3.8) is 0 Å². The number of hydrogen-bond donors (Lipinski definition) is 2. The fourth-order valence-electron chi connectivity index (χ4n) is 3.03. The average molecular weight is 260 g/mol. The Morgan fingerprint density at radius 3 is 2.89 bits per heavy atom. The number of rotatable bonds is 3. The third-order valence-electron chi connectivity index (χ3n) is 4.11. The van der Waals surface area contributed by atoms with Crippen LogP contribution in [0, 0.1) is 0 Å². The molecule has 0 saturated carbocycles.